The number of carbonyl (C=O) groups is 1. The molecular formula is C20H24N4O3. The van der Waals surface area contributed by atoms with Gasteiger partial charge in [-0.05, 0) is 31.9 Å². The summed E-state index contributed by atoms with van der Waals surface area (Å²) in [5, 5.41) is 18.6. The molecule has 1 aromatic carbocycles. The van der Waals surface area contributed by atoms with Gasteiger partial charge in [-0.25, -0.2) is 4.79 Å². The van der Waals surface area contributed by atoms with Gasteiger partial charge in [-0.2, -0.15) is 5.10 Å². The first-order chi connectivity index (χ1) is 12.9. The molecule has 2 N–H and O–H groups in total. The summed E-state index contributed by atoms with van der Waals surface area (Å²) in [6, 6.07) is 3.93. The maximum Gasteiger partial charge on any atom is 0.341 e. The summed E-state index contributed by atoms with van der Waals surface area (Å²) in [5.41, 5.74) is 4.67. The number of esters is 1. The van der Waals surface area contributed by atoms with E-state index in [0.29, 0.717) is 16.8 Å². The van der Waals surface area contributed by atoms with Gasteiger partial charge in [0.25, 0.3) is 0 Å². The first-order valence-corrected chi connectivity index (χ1v) is 8.88. The molecular weight excluding hydrogens is 344 g/mol. The van der Waals surface area contributed by atoms with Crippen LogP contribution in [0.4, 0.5) is 5.69 Å². The summed E-state index contributed by atoms with van der Waals surface area (Å²) in [7, 11) is 1.80. The summed E-state index contributed by atoms with van der Waals surface area (Å²) in [6.07, 6.45) is 4.16. The molecule has 0 aliphatic carbocycles. The van der Waals surface area contributed by atoms with Gasteiger partial charge in [0.2, 0.25) is 0 Å². The normalized spacial score (nSPS) is 12.2. The zero-order valence-corrected chi connectivity index (χ0v) is 16.0. The van der Waals surface area contributed by atoms with Crippen molar-refractivity contribution in [2.45, 2.75) is 26.9 Å². The maximum atomic E-state index is 12.4. The van der Waals surface area contributed by atoms with E-state index < -0.39 is 12.1 Å². The fourth-order valence-corrected chi connectivity index (χ4v) is 2.99. The highest BCUT2D eigenvalue weighted by Gasteiger charge is 2.19. The number of rotatable bonds is 6. The Bertz CT molecular complexity index is 981. The number of carbonyl (C=O) groups excluding carboxylic acids is 1. The molecule has 142 valence electrons. The smallest absolute Gasteiger partial charge is 0.341 e. The largest absolute Gasteiger partial charge is 0.462 e. The van der Waals surface area contributed by atoms with Crippen LogP contribution in [0.1, 0.15) is 40.1 Å². The van der Waals surface area contributed by atoms with Crippen molar-refractivity contribution in [2.75, 3.05) is 18.5 Å². The number of benzene rings is 1. The van der Waals surface area contributed by atoms with E-state index in [4.69, 9.17) is 4.74 Å². The number of fused-ring (bicyclic) bond motifs is 1. The van der Waals surface area contributed by atoms with Crippen LogP contribution in [0.25, 0.3) is 10.9 Å². The van der Waals surface area contributed by atoms with E-state index in [-0.39, 0.29) is 13.2 Å². The minimum Gasteiger partial charge on any atom is -0.462 e. The second-order valence-corrected chi connectivity index (χ2v) is 6.52. The van der Waals surface area contributed by atoms with Gasteiger partial charge in [0.1, 0.15) is 5.56 Å². The van der Waals surface area contributed by atoms with Crippen LogP contribution in [-0.4, -0.2) is 39.0 Å². The molecule has 0 amide bonds. The number of nitrogens with one attached hydrogen (secondary N) is 1. The number of hydrogen-bond donors (Lipinski definition) is 2. The summed E-state index contributed by atoms with van der Waals surface area (Å²) in [6.45, 7) is 6.29. The molecule has 2 heterocycles. The third kappa shape index (κ3) is 3.78. The number of hydrogen-bond acceptors (Lipinski definition) is 6. The monoisotopic (exact) mass is 368 g/mol. The number of pyridine rings is 1. The van der Waals surface area contributed by atoms with E-state index in [2.05, 4.69) is 15.4 Å². The van der Waals surface area contributed by atoms with Gasteiger partial charge in [0.15, 0.2) is 0 Å². The molecule has 0 saturated carbocycles. The maximum absolute atomic E-state index is 12.4. The molecule has 0 saturated heterocycles. The Morgan fingerprint density at radius 3 is 2.78 bits per heavy atom. The van der Waals surface area contributed by atoms with Gasteiger partial charge in [0.05, 0.1) is 30.1 Å². The van der Waals surface area contributed by atoms with Crippen LogP contribution in [0, 0.1) is 13.8 Å². The number of ether oxygens (including phenoxy) is 1. The van der Waals surface area contributed by atoms with Gasteiger partial charge in [0, 0.05) is 36.9 Å². The third-order valence-electron chi connectivity index (χ3n) is 4.64. The Morgan fingerprint density at radius 2 is 2.11 bits per heavy atom. The fourth-order valence-electron chi connectivity index (χ4n) is 2.99. The Labute approximate surface area is 158 Å². The van der Waals surface area contributed by atoms with Gasteiger partial charge in [-0.15, -0.1) is 0 Å². The molecule has 1 atom stereocenters. The van der Waals surface area contributed by atoms with Crippen molar-refractivity contribution in [1.82, 2.24) is 14.8 Å². The lowest BCUT2D eigenvalue weighted by atomic mass is 10.0. The van der Waals surface area contributed by atoms with Gasteiger partial charge in [-0.1, -0.05) is 12.1 Å². The van der Waals surface area contributed by atoms with Crippen molar-refractivity contribution >= 4 is 22.6 Å². The predicted octanol–water partition coefficient (Wildman–Crippen LogP) is 2.91. The lowest BCUT2D eigenvalue weighted by molar-refractivity contribution is 0.0527. The average Bonchev–Trinajstić information content (AvgIpc) is 3.09. The predicted molar refractivity (Wildman–Crippen MR) is 104 cm³/mol. The number of aromatic nitrogens is 3. The van der Waals surface area contributed by atoms with Crippen LogP contribution in [0.2, 0.25) is 0 Å². The number of aliphatic hydroxyl groups excluding tert-OH is 1. The van der Waals surface area contributed by atoms with Gasteiger partial charge in [-0.3, -0.25) is 9.67 Å². The van der Waals surface area contributed by atoms with Crippen molar-refractivity contribution in [3.8, 4) is 0 Å². The summed E-state index contributed by atoms with van der Waals surface area (Å²) in [4.78, 5) is 16.9. The SMILES string of the molecule is CCOC(=O)c1cnc2c(C)c(C)ccc2c1NCC(O)c1cnn(C)c1. The highest BCUT2D eigenvalue weighted by molar-refractivity contribution is 6.05. The highest BCUT2D eigenvalue weighted by Crippen LogP contribution is 2.30. The number of aliphatic hydroxyl groups is 1. The molecule has 0 bridgehead atoms. The lowest BCUT2D eigenvalue weighted by Gasteiger charge is -2.17. The minimum absolute atomic E-state index is 0.226. The van der Waals surface area contributed by atoms with Crippen molar-refractivity contribution < 1.29 is 14.6 Å². The molecule has 0 aliphatic heterocycles. The molecule has 27 heavy (non-hydrogen) atoms. The highest BCUT2D eigenvalue weighted by atomic mass is 16.5. The van der Waals surface area contributed by atoms with E-state index in [1.165, 1.54) is 6.20 Å². The Hall–Kier alpha value is -2.93. The number of nitrogens with zero attached hydrogens (tertiary/aromatic N) is 3. The van der Waals surface area contributed by atoms with Crippen LogP contribution >= 0.6 is 0 Å². The molecule has 0 aliphatic rings. The molecule has 1 unspecified atom stereocenters. The molecule has 3 aromatic rings. The van der Waals surface area contributed by atoms with E-state index in [1.54, 1.807) is 31.0 Å². The second-order valence-electron chi connectivity index (χ2n) is 6.52. The average molecular weight is 368 g/mol. The van der Waals surface area contributed by atoms with E-state index >= 15 is 0 Å². The minimum atomic E-state index is -0.761. The Morgan fingerprint density at radius 1 is 1.33 bits per heavy atom. The first-order valence-electron chi connectivity index (χ1n) is 8.88. The molecule has 7 nitrogen and oxygen atoms in total. The van der Waals surface area contributed by atoms with E-state index in [9.17, 15) is 9.90 Å². The molecule has 0 fully saturated rings. The van der Waals surface area contributed by atoms with Crippen molar-refractivity contribution in [2.24, 2.45) is 7.05 Å². The summed E-state index contributed by atoms with van der Waals surface area (Å²) >= 11 is 0. The van der Waals surface area contributed by atoms with Crippen LogP contribution in [0.15, 0.2) is 30.7 Å². The van der Waals surface area contributed by atoms with Gasteiger partial charge < -0.3 is 15.2 Å². The fraction of sp³-hybridized carbons (Fsp3) is 0.350. The van der Waals surface area contributed by atoms with Crippen molar-refractivity contribution in [1.29, 1.82) is 0 Å². The standard InChI is InChI=1S/C20H24N4O3/c1-5-27-20(26)16-9-21-18-13(3)12(2)6-7-15(18)19(16)22-10-17(25)14-8-23-24(4)11-14/h6-9,11,17,25H,5,10H2,1-4H3,(H,21,22). The second kappa shape index (κ2) is 7.75. The van der Waals surface area contributed by atoms with Crippen LogP contribution < -0.4 is 5.32 Å². The first kappa shape index (κ1) is 18.8. The topological polar surface area (TPSA) is 89.3 Å². The molecule has 0 radical (unpaired) electrons. The Kier molecular flexibility index (Phi) is 5.41. The van der Waals surface area contributed by atoms with Crippen LogP contribution in [0.5, 0.6) is 0 Å². The van der Waals surface area contributed by atoms with Crippen LogP contribution in [0.3, 0.4) is 0 Å². The van der Waals surface area contributed by atoms with E-state index in [0.717, 1.165) is 22.0 Å². The zero-order valence-electron chi connectivity index (χ0n) is 16.0. The van der Waals surface area contributed by atoms with Crippen LogP contribution in [-0.2, 0) is 11.8 Å². The molecule has 3 rings (SSSR count). The Balaban J connectivity index is 2.00. The third-order valence-corrected chi connectivity index (χ3v) is 4.64. The number of aryl methyl sites for hydroxylation is 3. The summed E-state index contributed by atoms with van der Waals surface area (Å²) < 4.78 is 6.81. The van der Waals surface area contributed by atoms with Crippen molar-refractivity contribution in [3.05, 3.63) is 53.0 Å². The molecule has 2 aromatic heterocycles. The molecule has 7 heteroatoms. The lowest BCUT2D eigenvalue weighted by Crippen LogP contribution is -2.16. The summed E-state index contributed by atoms with van der Waals surface area (Å²) in [5.74, 6) is -0.441. The van der Waals surface area contributed by atoms with E-state index in [1.807, 2.05) is 26.0 Å². The van der Waals surface area contributed by atoms with Gasteiger partial charge >= 0.3 is 5.97 Å². The van der Waals surface area contributed by atoms with Crippen molar-refractivity contribution in [3.63, 3.8) is 0 Å². The number of anilines is 1. The molecule has 0 spiro atoms. The zero-order chi connectivity index (χ0) is 19.6. The quantitative estimate of drug-likeness (QED) is 0.650.